The van der Waals surface area contributed by atoms with Crippen molar-refractivity contribution in [1.29, 1.82) is 0 Å². The first-order valence-electron chi connectivity index (χ1n) is 7.41. The largest absolute Gasteiger partial charge is 0.329 e. The second kappa shape index (κ2) is 5.68. The molecule has 3 nitrogen and oxygen atoms in total. The highest BCUT2D eigenvalue weighted by molar-refractivity contribution is 4.98. The van der Waals surface area contributed by atoms with Crippen LogP contribution in [0.4, 0.5) is 0 Å². The van der Waals surface area contributed by atoms with Gasteiger partial charge in [0.2, 0.25) is 0 Å². The molecule has 2 aliphatic rings. The van der Waals surface area contributed by atoms with Crippen molar-refractivity contribution in [3.8, 4) is 0 Å². The predicted octanol–water partition coefficient (Wildman–Crippen LogP) is 2.13. The molecule has 0 spiro atoms. The third kappa shape index (κ3) is 2.83. The van der Waals surface area contributed by atoms with Crippen LogP contribution in [0.3, 0.4) is 0 Å². The van der Waals surface area contributed by atoms with Gasteiger partial charge in [-0.25, -0.2) is 10.4 Å². The van der Waals surface area contributed by atoms with Gasteiger partial charge in [0.25, 0.3) is 0 Å². The summed E-state index contributed by atoms with van der Waals surface area (Å²) in [6, 6.07) is 0. The minimum atomic E-state index is 0.162. The third-order valence-corrected chi connectivity index (χ3v) is 5.11. The predicted molar refractivity (Wildman–Crippen MR) is 72.5 cm³/mol. The number of hydrazine groups is 1. The Bertz CT molecular complexity index is 238. The van der Waals surface area contributed by atoms with E-state index in [-0.39, 0.29) is 5.54 Å². The van der Waals surface area contributed by atoms with E-state index in [9.17, 15) is 0 Å². The van der Waals surface area contributed by atoms with Gasteiger partial charge in [-0.15, -0.1) is 0 Å². The molecule has 1 aliphatic heterocycles. The maximum absolute atomic E-state index is 6.12. The highest BCUT2D eigenvalue weighted by atomic mass is 15.5. The summed E-state index contributed by atoms with van der Waals surface area (Å²) in [5.41, 5.74) is 10.1. The van der Waals surface area contributed by atoms with Crippen LogP contribution in [0.1, 0.15) is 52.4 Å². The Hall–Kier alpha value is -0.120. The van der Waals surface area contributed by atoms with Crippen molar-refractivity contribution in [2.75, 3.05) is 19.6 Å². The molecular weight excluding hydrogens is 210 g/mol. The van der Waals surface area contributed by atoms with Gasteiger partial charge < -0.3 is 5.73 Å². The zero-order chi connectivity index (χ0) is 12.3. The van der Waals surface area contributed by atoms with E-state index in [1.165, 1.54) is 51.6 Å². The minimum Gasteiger partial charge on any atom is -0.329 e. The summed E-state index contributed by atoms with van der Waals surface area (Å²) in [6.45, 7) is 7.93. The number of nitrogens with zero attached hydrogens (tertiary/aromatic N) is 1. The second-order valence-corrected chi connectivity index (χ2v) is 6.18. The van der Waals surface area contributed by atoms with Gasteiger partial charge >= 0.3 is 0 Å². The number of hydrogen-bond acceptors (Lipinski definition) is 3. The Labute approximate surface area is 106 Å². The van der Waals surface area contributed by atoms with Crippen molar-refractivity contribution >= 4 is 0 Å². The van der Waals surface area contributed by atoms with Gasteiger partial charge in [0.05, 0.1) is 0 Å². The normalized spacial score (nSPS) is 40.4. The topological polar surface area (TPSA) is 41.3 Å². The molecule has 1 saturated carbocycles. The van der Waals surface area contributed by atoms with E-state index in [0.717, 1.165) is 12.5 Å². The summed E-state index contributed by atoms with van der Waals surface area (Å²) in [5, 5.41) is 2.44. The van der Waals surface area contributed by atoms with E-state index in [0.29, 0.717) is 5.92 Å². The fourth-order valence-electron chi connectivity index (χ4n) is 3.57. The summed E-state index contributed by atoms with van der Waals surface area (Å²) in [7, 11) is 0. The quantitative estimate of drug-likeness (QED) is 0.793. The first kappa shape index (κ1) is 13.3. The van der Waals surface area contributed by atoms with Crippen molar-refractivity contribution in [2.45, 2.75) is 57.9 Å². The molecule has 17 heavy (non-hydrogen) atoms. The number of piperidine rings is 1. The van der Waals surface area contributed by atoms with Crippen LogP contribution in [0.2, 0.25) is 0 Å². The Morgan fingerprint density at radius 3 is 2.53 bits per heavy atom. The summed E-state index contributed by atoms with van der Waals surface area (Å²) in [6.07, 6.45) is 7.98. The standard InChI is InChI=1S/C14H29N3/c1-12-7-6-8-14(11-15,13(12)2)16-17-9-4-3-5-10-17/h12-13,16H,3-11,15H2,1-2H3. The molecule has 1 saturated heterocycles. The molecule has 0 radical (unpaired) electrons. The lowest BCUT2D eigenvalue weighted by Gasteiger charge is -2.49. The second-order valence-electron chi connectivity index (χ2n) is 6.18. The fourth-order valence-corrected chi connectivity index (χ4v) is 3.57. The number of nitrogens with one attached hydrogen (secondary N) is 1. The zero-order valence-electron chi connectivity index (χ0n) is 11.5. The number of nitrogens with two attached hydrogens (primary N) is 1. The Morgan fingerprint density at radius 2 is 1.88 bits per heavy atom. The molecule has 3 unspecified atom stereocenters. The Morgan fingerprint density at radius 1 is 1.18 bits per heavy atom. The molecule has 100 valence electrons. The molecule has 1 heterocycles. The molecule has 1 aliphatic carbocycles. The first-order valence-corrected chi connectivity index (χ1v) is 7.41. The molecule has 0 amide bonds. The van der Waals surface area contributed by atoms with Gasteiger partial charge in [0.15, 0.2) is 0 Å². The number of rotatable bonds is 3. The van der Waals surface area contributed by atoms with Crippen LogP contribution in [0.5, 0.6) is 0 Å². The third-order valence-electron chi connectivity index (χ3n) is 5.11. The monoisotopic (exact) mass is 239 g/mol. The summed E-state index contributed by atoms with van der Waals surface area (Å²) in [5.74, 6) is 1.48. The SMILES string of the molecule is CC1CCCC(CN)(NN2CCCCC2)C1C. The van der Waals surface area contributed by atoms with Crippen molar-refractivity contribution in [3.63, 3.8) is 0 Å². The molecule has 0 aromatic rings. The lowest BCUT2D eigenvalue weighted by Crippen LogP contribution is -2.64. The lowest BCUT2D eigenvalue weighted by atomic mass is 9.68. The van der Waals surface area contributed by atoms with Gasteiger partial charge in [-0.2, -0.15) is 0 Å². The van der Waals surface area contributed by atoms with Crippen LogP contribution in [0.15, 0.2) is 0 Å². The molecule has 0 aromatic heterocycles. The molecule has 3 N–H and O–H groups in total. The molecule has 2 rings (SSSR count). The van der Waals surface area contributed by atoms with Crippen molar-refractivity contribution < 1.29 is 0 Å². The Balaban J connectivity index is 2.01. The molecule has 3 heteroatoms. The van der Waals surface area contributed by atoms with E-state index in [2.05, 4.69) is 24.3 Å². The highest BCUT2D eigenvalue weighted by Crippen LogP contribution is 2.37. The maximum atomic E-state index is 6.12. The number of hydrogen-bond donors (Lipinski definition) is 2. The molecule has 3 atom stereocenters. The summed E-state index contributed by atoms with van der Waals surface area (Å²) < 4.78 is 0. The molecule has 2 fully saturated rings. The fraction of sp³-hybridized carbons (Fsp3) is 1.00. The summed E-state index contributed by atoms with van der Waals surface area (Å²) in [4.78, 5) is 0. The van der Waals surface area contributed by atoms with E-state index >= 15 is 0 Å². The summed E-state index contributed by atoms with van der Waals surface area (Å²) >= 11 is 0. The lowest BCUT2D eigenvalue weighted by molar-refractivity contribution is 0.0125. The van der Waals surface area contributed by atoms with Crippen molar-refractivity contribution in [2.24, 2.45) is 17.6 Å². The minimum absolute atomic E-state index is 0.162. The van der Waals surface area contributed by atoms with Gasteiger partial charge in [-0.3, -0.25) is 0 Å². The average molecular weight is 239 g/mol. The van der Waals surface area contributed by atoms with Crippen LogP contribution >= 0.6 is 0 Å². The van der Waals surface area contributed by atoms with Crippen LogP contribution < -0.4 is 11.2 Å². The van der Waals surface area contributed by atoms with E-state index in [4.69, 9.17) is 5.73 Å². The van der Waals surface area contributed by atoms with Gasteiger partial charge in [-0.05, 0) is 31.1 Å². The van der Waals surface area contributed by atoms with Gasteiger partial charge in [0.1, 0.15) is 0 Å². The van der Waals surface area contributed by atoms with Crippen LogP contribution in [0.25, 0.3) is 0 Å². The van der Waals surface area contributed by atoms with Crippen molar-refractivity contribution in [1.82, 2.24) is 10.4 Å². The highest BCUT2D eigenvalue weighted by Gasteiger charge is 2.41. The maximum Gasteiger partial charge on any atom is 0.0476 e. The van der Waals surface area contributed by atoms with E-state index in [1.54, 1.807) is 0 Å². The first-order chi connectivity index (χ1) is 8.18. The average Bonchev–Trinajstić information content (AvgIpc) is 2.36. The van der Waals surface area contributed by atoms with Crippen molar-refractivity contribution in [3.05, 3.63) is 0 Å². The van der Waals surface area contributed by atoms with Gasteiger partial charge in [0, 0.05) is 25.2 Å². The van der Waals surface area contributed by atoms with Crippen LogP contribution in [0, 0.1) is 11.8 Å². The molecule has 0 aromatic carbocycles. The molecular formula is C14H29N3. The van der Waals surface area contributed by atoms with E-state index in [1.807, 2.05) is 0 Å². The molecule has 0 bridgehead atoms. The van der Waals surface area contributed by atoms with Crippen LogP contribution in [-0.4, -0.2) is 30.2 Å². The van der Waals surface area contributed by atoms with Crippen LogP contribution in [-0.2, 0) is 0 Å². The zero-order valence-corrected chi connectivity index (χ0v) is 11.5. The van der Waals surface area contributed by atoms with E-state index < -0.39 is 0 Å². The smallest absolute Gasteiger partial charge is 0.0476 e. The van der Waals surface area contributed by atoms with Gasteiger partial charge in [-0.1, -0.05) is 33.1 Å². The Kier molecular flexibility index (Phi) is 4.45.